The molecule has 1 unspecified atom stereocenters. The first-order valence-electron chi connectivity index (χ1n) is 10.9. The summed E-state index contributed by atoms with van der Waals surface area (Å²) in [7, 11) is 0. The van der Waals surface area contributed by atoms with Gasteiger partial charge in [-0.25, -0.2) is 5.48 Å². The Balaban J connectivity index is 1.38. The molecule has 2 aromatic carbocycles. The van der Waals surface area contributed by atoms with Crippen LogP contribution in [0, 0.1) is 5.41 Å². The third-order valence-electron chi connectivity index (χ3n) is 6.77. The molecule has 7 nitrogen and oxygen atoms in total. The largest absolute Gasteiger partial charge is 0.380 e. The summed E-state index contributed by atoms with van der Waals surface area (Å²) in [6, 6.07) is 15.3. The van der Waals surface area contributed by atoms with E-state index in [2.05, 4.69) is 11.0 Å². The molecular weight excluding hydrogens is 392 g/mol. The summed E-state index contributed by atoms with van der Waals surface area (Å²) in [5.74, 6) is -0.470. The zero-order valence-electron chi connectivity index (χ0n) is 17.5. The van der Waals surface area contributed by atoms with Crippen LogP contribution in [-0.2, 0) is 22.5 Å². The predicted molar refractivity (Wildman–Crippen MR) is 117 cm³/mol. The Bertz CT molecular complexity index is 1050. The molecule has 5 rings (SSSR count). The van der Waals surface area contributed by atoms with Gasteiger partial charge in [-0.1, -0.05) is 48.5 Å². The highest BCUT2D eigenvalue weighted by atomic mass is 16.5. The van der Waals surface area contributed by atoms with Gasteiger partial charge in [-0.15, -0.1) is 0 Å². The van der Waals surface area contributed by atoms with Crippen LogP contribution in [0.5, 0.6) is 0 Å². The summed E-state index contributed by atoms with van der Waals surface area (Å²) in [5.41, 5.74) is 5.33. The lowest BCUT2D eigenvalue weighted by Gasteiger charge is -2.47. The normalized spacial score (nSPS) is 19.3. The standard InChI is InChI=1S/C24H28N4O3/c29-23(26-30)21(13-18-5-2-1-3-6-18)28-15-20-8-4-7-19(22(20)25-28)14-27-11-9-24(10-12-27)16-31-17-24/h1-8,15,21,30H,9-14,16-17H2,(H,26,29). The number of ether oxygens (including phenoxy) is 1. The van der Waals surface area contributed by atoms with E-state index in [1.54, 1.807) is 4.68 Å². The van der Waals surface area contributed by atoms with E-state index >= 15 is 0 Å². The molecule has 1 amide bonds. The van der Waals surface area contributed by atoms with Crippen LogP contribution in [0.2, 0.25) is 0 Å². The average molecular weight is 421 g/mol. The smallest absolute Gasteiger partial charge is 0.268 e. The van der Waals surface area contributed by atoms with Crippen molar-refractivity contribution >= 4 is 16.8 Å². The molecule has 1 atom stereocenters. The van der Waals surface area contributed by atoms with Gasteiger partial charge in [0, 0.05) is 30.0 Å². The molecule has 2 aliphatic heterocycles. The maximum Gasteiger partial charge on any atom is 0.268 e. The Morgan fingerprint density at radius 3 is 2.58 bits per heavy atom. The molecule has 2 aliphatic rings. The van der Waals surface area contributed by atoms with E-state index in [9.17, 15) is 10.0 Å². The van der Waals surface area contributed by atoms with Gasteiger partial charge in [0.2, 0.25) is 0 Å². The average Bonchev–Trinajstić information content (AvgIpc) is 3.22. The van der Waals surface area contributed by atoms with Gasteiger partial charge in [0.25, 0.3) is 5.91 Å². The van der Waals surface area contributed by atoms with Gasteiger partial charge >= 0.3 is 0 Å². The number of piperidine rings is 1. The second-order valence-electron chi connectivity index (χ2n) is 8.91. The van der Waals surface area contributed by atoms with Crippen LogP contribution in [0.25, 0.3) is 10.9 Å². The number of aromatic nitrogens is 2. The third kappa shape index (κ3) is 4.08. The SMILES string of the molecule is O=C(NO)C(Cc1ccccc1)n1cc2cccc(CN3CCC4(CC3)COC4)c2n1. The van der Waals surface area contributed by atoms with Crippen LogP contribution in [0.4, 0.5) is 0 Å². The Kier molecular flexibility index (Phi) is 5.48. The van der Waals surface area contributed by atoms with Crippen LogP contribution in [-0.4, -0.2) is 52.1 Å². The summed E-state index contributed by atoms with van der Waals surface area (Å²) < 4.78 is 7.13. The number of carbonyl (C=O) groups is 1. The van der Waals surface area contributed by atoms with Crippen molar-refractivity contribution < 1.29 is 14.7 Å². The van der Waals surface area contributed by atoms with E-state index in [-0.39, 0.29) is 0 Å². The van der Waals surface area contributed by atoms with E-state index < -0.39 is 11.9 Å². The summed E-state index contributed by atoms with van der Waals surface area (Å²) >= 11 is 0. The van der Waals surface area contributed by atoms with E-state index in [0.29, 0.717) is 11.8 Å². The lowest BCUT2D eigenvalue weighted by molar-refractivity contribution is -0.140. The van der Waals surface area contributed by atoms with Crippen molar-refractivity contribution in [2.24, 2.45) is 5.41 Å². The third-order valence-corrected chi connectivity index (χ3v) is 6.77. The minimum absolute atomic E-state index is 0.423. The summed E-state index contributed by atoms with van der Waals surface area (Å²) in [6.07, 6.45) is 4.73. The number of amides is 1. The number of hydrogen-bond donors (Lipinski definition) is 2. The first kappa shape index (κ1) is 20.2. The van der Waals surface area contributed by atoms with Gasteiger partial charge < -0.3 is 4.74 Å². The van der Waals surface area contributed by atoms with Crippen molar-refractivity contribution in [1.82, 2.24) is 20.2 Å². The highest BCUT2D eigenvalue weighted by molar-refractivity contribution is 5.83. The molecule has 0 aliphatic carbocycles. The van der Waals surface area contributed by atoms with Crippen molar-refractivity contribution in [3.63, 3.8) is 0 Å². The van der Waals surface area contributed by atoms with Crippen LogP contribution in [0.1, 0.15) is 30.0 Å². The Morgan fingerprint density at radius 2 is 1.90 bits per heavy atom. The number of nitrogens with one attached hydrogen (secondary N) is 1. The van der Waals surface area contributed by atoms with E-state index in [1.807, 2.05) is 54.1 Å². The van der Waals surface area contributed by atoms with Crippen molar-refractivity contribution in [1.29, 1.82) is 0 Å². The first-order chi connectivity index (χ1) is 15.2. The van der Waals surface area contributed by atoms with Crippen molar-refractivity contribution in [3.8, 4) is 0 Å². The zero-order chi connectivity index (χ0) is 21.3. The monoisotopic (exact) mass is 420 g/mol. The van der Waals surface area contributed by atoms with Crippen LogP contribution >= 0.6 is 0 Å². The van der Waals surface area contributed by atoms with Crippen molar-refractivity contribution in [3.05, 3.63) is 65.9 Å². The molecule has 162 valence electrons. The Hall–Kier alpha value is -2.74. The van der Waals surface area contributed by atoms with Gasteiger partial charge in [-0.3, -0.25) is 19.6 Å². The van der Waals surface area contributed by atoms with Crippen molar-refractivity contribution in [2.75, 3.05) is 26.3 Å². The van der Waals surface area contributed by atoms with E-state index in [1.165, 1.54) is 18.4 Å². The van der Waals surface area contributed by atoms with Crippen LogP contribution in [0.15, 0.2) is 54.7 Å². The molecule has 0 radical (unpaired) electrons. The highest BCUT2D eigenvalue weighted by Gasteiger charge is 2.41. The van der Waals surface area contributed by atoms with E-state index in [4.69, 9.17) is 9.84 Å². The topological polar surface area (TPSA) is 79.6 Å². The molecule has 2 saturated heterocycles. The Morgan fingerprint density at radius 1 is 1.13 bits per heavy atom. The molecule has 2 N–H and O–H groups in total. The van der Waals surface area contributed by atoms with Gasteiger partial charge in [0.1, 0.15) is 6.04 Å². The number of carbonyl (C=O) groups excluding carboxylic acids is 1. The van der Waals surface area contributed by atoms with Gasteiger partial charge in [0.05, 0.1) is 18.7 Å². The number of hydrogen-bond acceptors (Lipinski definition) is 5. The minimum Gasteiger partial charge on any atom is -0.380 e. The van der Waals surface area contributed by atoms with Gasteiger partial charge in [-0.05, 0) is 37.1 Å². The molecule has 3 aromatic rings. The molecule has 3 heterocycles. The van der Waals surface area contributed by atoms with E-state index in [0.717, 1.165) is 49.3 Å². The number of rotatable bonds is 6. The maximum absolute atomic E-state index is 12.4. The number of nitrogens with zero attached hydrogens (tertiary/aromatic N) is 3. The number of benzene rings is 2. The van der Waals surface area contributed by atoms with Crippen LogP contribution in [0.3, 0.4) is 0 Å². The fraction of sp³-hybridized carbons (Fsp3) is 0.417. The molecule has 2 fully saturated rings. The fourth-order valence-electron chi connectivity index (χ4n) is 4.74. The molecule has 31 heavy (non-hydrogen) atoms. The second kappa shape index (κ2) is 8.42. The molecular formula is C24H28N4O3. The van der Waals surface area contributed by atoms with Crippen molar-refractivity contribution in [2.45, 2.75) is 31.8 Å². The summed E-state index contributed by atoms with van der Waals surface area (Å²) in [5, 5.41) is 15.1. The molecule has 1 aromatic heterocycles. The number of hydroxylamine groups is 1. The maximum atomic E-state index is 12.4. The molecule has 7 heteroatoms. The lowest BCUT2D eigenvalue weighted by Crippen LogP contribution is -2.50. The van der Waals surface area contributed by atoms with Gasteiger partial charge in [0.15, 0.2) is 0 Å². The Labute approximate surface area is 181 Å². The van der Waals surface area contributed by atoms with Crippen LogP contribution < -0.4 is 5.48 Å². The molecule has 1 spiro atoms. The first-order valence-corrected chi connectivity index (χ1v) is 10.9. The minimum atomic E-state index is -0.624. The second-order valence-corrected chi connectivity index (χ2v) is 8.91. The lowest BCUT2D eigenvalue weighted by atomic mass is 9.77. The fourth-order valence-corrected chi connectivity index (χ4v) is 4.74. The number of fused-ring (bicyclic) bond motifs is 1. The van der Waals surface area contributed by atoms with Gasteiger partial charge in [-0.2, -0.15) is 5.10 Å². The predicted octanol–water partition coefficient (Wildman–Crippen LogP) is 2.94. The quantitative estimate of drug-likeness (QED) is 0.474. The molecule has 0 bridgehead atoms. The highest BCUT2D eigenvalue weighted by Crippen LogP contribution is 2.38. The summed E-state index contributed by atoms with van der Waals surface area (Å²) in [6.45, 7) is 4.82. The number of likely N-dealkylation sites (tertiary alicyclic amines) is 1. The molecule has 0 saturated carbocycles. The summed E-state index contributed by atoms with van der Waals surface area (Å²) in [4.78, 5) is 14.9. The zero-order valence-corrected chi connectivity index (χ0v) is 17.5.